The molecule has 4 atom stereocenters. The molecule has 0 aliphatic carbocycles. The molecule has 34 heavy (non-hydrogen) atoms. The second-order valence-electron chi connectivity index (χ2n) is 7.59. The minimum Gasteiger partial charge on any atom is -0.480 e. The molecule has 0 aliphatic rings. The van der Waals surface area contributed by atoms with Gasteiger partial charge in [0.15, 0.2) is 5.96 Å². The monoisotopic (exact) mass is 479 g/mol. The molecule has 3 amide bonds. The first-order chi connectivity index (χ1) is 16.0. The minimum absolute atomic E-state index is 0.00234. The Labute approximate surface area is 197 Å². The SMILES string of the molecule is CC(O)C(NC(=O)C(CCCN=C(N)N)NC(=O)CN)C(=O)NC(Cc1ccccc1)C(=O)O. The standard InChI is InChI=1S/C21H33N7O6/c1-12(29)17(19(32)27-15(20(33)34)10-13-6-3-2-4-7-13)28-18(31)14(26-16(30)11-22)8-5-9-25-21(23)24/h2-4,6-7,12,14-15,17,29H,5,8-11,22H2,1H3,(H,26,30)(H,27,32)(H,28,31)(H,33,34)(H4,23,24,25). The second-order valence-corrected chi connectivity index (χ2v) is 7.59. The molecule has 1 rings (SSSR count). The highest BCUT2D eigenvalue weighted by molar-refractivity contribution is 5.94. The van der Waals surface area contributed by atoms with Crippen LogP contribution in [0.2, 0.25) is 0 Å². The lowest BCUT2D eigenvalue weighted by atomic mass is 10.0. The number of aliphatic hydroxyl groups excluding tert-OH is 1. The van der Waals surface area contributed by atoms with E-state index in [1.165, 1.54) is 6.92 Å². The lowest BCUT2D eigenvalue weighted by molar-refractivity contribution is -0.143. The summed E-state index contributed by atoms with van der Waals surface area (Å²) in [4.78, 5) is 52.7. The molecule has 0 fully saturated rings. The molecule has 11 N–H and O–H groups in total. The summed E-state index contributed by atoms with van der Waals surface area (Å²) in [5.74, 6) is -3.66. The summed E-state index contributed by atoms with van der Waals surface area (Å²) in [7, 11) is 0. The van der Waals surface area contributed by atoms with Gasteiger partial charge in [-0.15, -0.1) is 0 Å². The van der Waals surface area contributed by atoms with Gasteiger partial charge in [0.25, 0.3) is 0 Å². The number of rotatable bonds is 14. The van der Waals surface area contributed by atoms with E-state index in [-0.39, 0.29) is 31.9 Å². The average molecular weight is 480 g/mol. The van der Waals surface area contributed by atoms with Crippen molar-refractivity contribution in [2.75, 3.05) is 13.1 Å². The number of hydrogen-bond donors (Lipinski definition) is 8. The van der Waals surface area contributed by atoms with Crippen LogP contribution in [0.25, 0.3) is 0 Å². The molecular formula is C21H33N7O6. The van der Waals surface area contributed by atoms with Crippen LogP contribution in [0.4, 0.5) is 0 Å². The summed E-state index contributed by atoms with van der Waals surface area (Å²) >= 11 is 0. The number of carboxylic acid groups (broad SMARTS) is 1. The summed E-state index contributed by atoms with van der Waals surface area (Å²) in [6.45, 7) is 1.10. The van der Waals surface area contributed by atoms with Gasteiger partial charge < -0.3 is 43.4 Å². The summed E-state index contributed by atoms with van der Waals surface area (Å²) in [5, 5.41) is 26.7. The number of aliphatic imine (C=N–C) groups is 1. The molecule has 0 bridgehead atoms. The summed E-state index contributed by atoms with van der Waals surface area (Å²) in [6.07, 6.45) is -0.913. The largest absolute Gasteiger partial charge is 0.480 e. The van der Waals surface area contributed by atoms with E-state index in [9.17, 15) is 29.4 Å². The van der Waals surface area contributed by atoms with E-state index in [1.807, 2.05) is 0 Å². The molecule has 13 nitrogen and oxygen atoms in total. The maximum Gasteiger partial charge on any atom is 0.326 e. The molecule has 0 saturated carbocycles. The number of hydrogen-bond acceptors (Lipinski definition) is 7. The van der Waals surface area contributed by atoms with Gasteiger partial charge >= 0.3 is 5.97 Å². The normalized spacial score (nSPS) is 14.1. The lowest BCUT2D eigenvalue weighted by Gasteiger charge is -2.26. The summed E-state index contributed by atoms with van der Waals surface area (Å²) in [6, 6.07) is 4.81. The number of nitrogens with one attached hydrogen (secondary N) is 3. The highest BCUT2D eigenvalue weighted by Crippen LogP contribution is 2.06. The first-order valence-corrected chi connectivity index (χ1v) is 10.7. The number of amides is 3. The zero-order chi connectivity index (χ0) is 25.7. The molecule has 0 radical (unpaired) electrons. The molecule has 0 aliphatic heterocycles. The van der Waals surface area contributed by atoms with E-state index in [0.29, 0.717) is 12.0 Å². The third-order valence-corrected chi connectivity index (χ3v) is 4.74. The van der Waals surface area contributed by atoms with Gasteiger partial charge in [0, 0.05) is 13.0 Å². The van der Waals surface area contributed by atoms with Crippen LogP contribution in [-0.2, 0) is 25.6 Å². The molecule has 0 spiro atoms. The smallest absolute Gasteiger partial charge is 0.326 e. The first-order valence-electron chi connectivity index (χ1n) is 10.7. The lowest BCUT2D eigenvalue weighted by Crippen LogP contribution is -2.59. The number of carbonyl (C=O) groups excluding carboxylic acids is 3. The van der Waals surface area contributed by atoms with E-state index in [4.69, 9.17) is 17.2 Å². The number of carbonyl (C=O) groups is 4. The Morgan fingerprint density at radius 3 is 2.18 bits per heavy atom. The molecule has 0 aromatic heterocycles. The molecule has 188 valence electrons. The van der Waals surface area contributed by atoms with Crippen LogP contribution in [0.5, 0.6) is 0 Å². The van der Waals surface area contributed by atoms with Crippen molar-refractivity contribution < 1.29 is 29.4 Å². The molecule has 0 saturated heterocycles. The fraction of sp³-hybridized carbons (Fsp3) is 0.476. The molecular weight excluding hydrogens is 446 g/mol. The topological polar surface area (TPSA) is 235 Å². The van der Waals surface area contributed by atoms with Crippen LogP contribution >= 0.6 is 0 Å². The van der Waals surface area contributed by atoms with Crippen molar-refractivity contribution in [3.63, 3.8) is 0 Å². The van der Waals surface area contributed by atoms with Crippen molar-refractivity contribution in [2.24, 2.45) is 22.2 Å². The predicted octanol–water partition coefficient (Wildman–Crippen LogP) is -2.84. The third-order valence-electron chi connectivity index (χ3n) is 4.74. The summed E-state index contributed by atoms with van der Waals surface area (Å²) < 4.78 is 0. The Hall–Kier alpha value is -3.71. The van der Waals surface area contributed by atoms with Crippen molar-refractivity contribution in [2.45, 2.75) is 50.4 Å². The molecule has 1 aromatic carbocycles. The Morgan fingerprint density at radius 1 is 1.00 bits per heavy atom. The number of aliphatic carboxylic acids is 1. The van der Waals surface area contributed by atoms with Crippen LogP contribution in [-0.4, -0.2) is 77.2 Å². The minimum atomic E-state index is -1.47. The van der Waals surface area contributed by atoms with E-state index >= 15 is 0 Å². The van der Waals surface area contributed by atoms with Crippen LogP contribution in [0.3, 0.4) is 0 Å². The number of nitrogens with two attached hydrogens (primary N) is 3. The van der Waals surface area contributed by atoms with Gasteiger partial charge in [0.1, 0.15) is 18.1 Å². The van der Waals surface area contributed by atoms with Crippen molar-refractivity contribution in [3.8, 4) is 0 Å². The number of carboxylic acids is 1. The van der Waals surface area contributed by atoms with Crippen LogP contribution in [0, 0.1) is 0 Å². The second kappa shape index (κ2) is 14.4. The van der Waals surface area contributed by atoms with Gasteiger partial charge in [-0.1, -0.05) is 30.3 Å². The van der Waals surface area contributed by atoms with Crippen LogP contribution < -0.4 is 33.2 Å². The fourth-order valence-electron chi connectivity index (χ4n) is 3.00. The Kier molecular flexibility index (Phi) is 12.0. The Bertz CT molecular complexity index is 858. The van der Waals surface area contributed by atoms with Crippen molar-refractivity contribution in [1.82, 2.24) is 16.0 Å². The van der Waals surface area contributed by atoms with Gasteiger partial charge in [-0.05, 0) is 25.3 Å². The zero-order valence-corrected chi connectivity index (χ0v) is 18.9. The number of aliphatic hydroxyl groups is 1. The van der Waals surface area contributed by atoms with E-state index in [2.05, 4.69) is 20.9 Å². The zero-order valence-electron chi connectivity index (χ0n) is 18.9. The maximum atomic E-state index is 12.8. The van der Waals surface area contributed by atoms with Crippen molar-refractivity contribution in [1.29, 1.82) is 0 Å². The number of guanidine groups is 1. The first kappa shape index (κ1) is 28.3. The Balaban J connectivity index is 2.90. The van der Waals surface area contributed by atoms with Gasteiger partial charge in [0.05, 0.1) is 12.6 Å². The maximum absolute atomic E-state index is 12.8. The van der Waals surface area contributed by atoms with Crippen molar-refractivity contribution in [3.05, 3.63) is 35.9 Å². The van der Waals surface area contributed by atoms with Gasteiger partial charge in [-0.25, -0.2) is 4.79 Å². The highest BCUT2D eigenvalue weighted by atomic mass is 16.4. The number of benzene rings is 1. The quantitative estimate of drug-likeness (QED) is 0.0778. The van der Waals surface area contributed by atoms with Crippen LogP contribution in [0.15, 0.2) is 35.3 Å². The van der Waals surface area contributed by atoms with E-state index in [1.54, 1.807) is 30.3 Å². The highest BCUT2D eigenvalue weighted by Gasteiger charge is 2.32. The van der Waals surface area contributed by atoms with E-state index < -0.39 is 47.9 Å². The molecule has 0 heterocycles. The van der Waals surface area contributed by atoms with Crippen molar-refractivity contribution >= 4 is 29.7 Å². The molecule has 13 heteroatoms. The van der Waals surface area contributed by atoms with Gasteiger partial charge in [0.2, 0.25) is 17.7 Å². The fourth-order valence-corrected chi connectivity index (χ4v) is 3.00. The van der Waals surface area contributed by atoms with Crippen LogP contribution in [0.1, 0.15) is 25.3 Å². The van der Waals surface area contributed by atoms with E-state index in [0.717, 1.165) is 0 Å². The van der Waals surface area contributed by atoms with Gasteiger partial charge in [-0.3, -0.25) is 19.4 Å². The Morgan fingerprint density at radius 2 is 1.65 bits per heavy atom. The molecule has 1 aromatic rings. The third kappa shape index (κ3) is 10.3. The molecule has 4 unspecified atom stereocenters. The number of nitrogens with zero attached hydrogens (tertiary/aromatic N) is 1. The predicted molar refractivity (Wildman–Crippen MR) is 124 cm³/mol. The summed E-state index contributed by atoms with van der Waals surface area (Å²) in [5.41, 5.74) is 16.5. The average Bonchev–Trinajstić information content (AvgIpc) is 2.78. The van der Waals surface area contributed by atoms with Gasteiger partial charge in [-0.2, -0.15) is 0 Å².